The second-order valence-corrected chi connectivity index (χ2v) is 8.05. The van der Waals surface area contributed by atoms with Gasteiger partial charge >= 0.3 is 6.03 Å². The van der Waals surface area contributed by atoms with Crippen LogP contribution in [0.25, 0.3) is 0 Å². The van der Waals surface area contributed by atoms with Crippen LogP contribution in [0.4, 0.5) is 4.79 Å². The molecule has 1 saturated carbocycles. The lowest BCUT2D eigenvalue weighted by molar-refractivity contribution is -0.138. The Kier molecular flexibility index (Phi) is 7.04. The first-order valence-corrected chi connectivity index (χ1v) is 10.6. The van der Waals surface area contributed by atoms with Crippen LogP contribution in [-0.2, 0) is 14.3 Å². The molecule has 3 rings (SSSR count). The minimum Gasteiger partial charge on any atom is -0.493 e. The van der Waals surface area contributed by atoms with E-state index < -0.39 is 23.5 Å². The fourth-order valence-electron chi connectivity index (χ4n) is 4.15. The van der Waals surface area contributed by atoms with Crippen molar-refractivity contribution in [1.29, 1.82) is 0 Å². The summed E-state index contributed by atoms with van der Waals surface area (Å²) in [6.45, 7) is 4.25. The molecule has 1 spiro atoms. The Morgan fingerprint density at radius 1 is 1.16 bits per heavy atom. The van der Waals surface area contributed by atoms with Crippen molar-refractivity contribution in [3.8, 4) is 11.5 Å². The Morgan fingerprint density at radius 3 is 2.52 bits per heavy atom. The zero-order valence-electron chi connectivity index (χ0n) is 18.5. The van der Waals surface area contributed by atoms with Gasteiger partial charge in [-0.15, -0.1) is 0 Å². The van der Waals surface area contributed by atoms with Crippen LogP contribution in [0.1, 0.15) is 51.1 Å². The number of nitrogens with one attached hydrogen (secondary N) is 2. The molecule has 1 aromatic carbocycles. The Hall–Kier alpha value is -2.81. The van der Waals surface area contributed by atoms with Gasteiger partial charge in [-0.2, -0.15) is 0 Å². The van der Waals surface area contributed by atoms with E-state index in [0.717, 1.165) is 23.3 Å². The number of ether oxygens (including phenoxy) is 3. The molecule has 2 atom stereocenters. The largest absolute Gasteiger partial charge is 0.493 e. The summed E-state index contributed by atoms with van der Waals surface area (Å²) >= 11 is 0. The number of carbonyl (C=O) groups excluding carboxylic acids is 3. The Balaban J connectivity index is 1.66. The highest BCUT2D eigenvalue weighted by atomic mass is 16.5. The van der Waals surface area contributed by atoms with Crippen molar-refractivity contribution >= 4 is 17.8 Å². The molecule has 2 aliphatic rings. The van der Waals surface area contributed by atoms with Crippen molar-refractivity contribution in [2.75, 3.05) is 27.4 Å². The number of hydrogen-bond donors (Lipinski definition) is 2. The van der Waals surface area contributed by atoms with Gasteiger partial charge in [-0.1, -0.05) is 18.9 Å². The molecular formula is C22H31N3O6. The molecule has 1 saturated heterocycles. The van der Waals surface area contributed by atoms with Crippen LogP contribution in [0, 0.1) is 0 Å². The van der Waals surface area contributed by atoms with Crippen molar-refractivity contribution in [1.82, 2.24) is 15.5 Å². The summed E-state index contributed by atoms with van der Waals surface area (Å²) in [4.78, 5) is 39.3. The van der Waals surface area contributed by atoms with Crippen LogP contribution < -0.4 is 20.1 Å². The maximum Gasteiger partial charge on any atom is 0.325 e. The first-order valence-electron chi connectivity index (χ1n) is 10.6. The van der Waals surface area contributed by atoms with Gasteiger partial charge in [0.25, 0.3) is 5.91 Å². The van der Waals surface area contributed by atoms with Crippen molar-refractivity contribution in [2.45, 2.75) is 57.2 Å². The lowest BCUT2D eigenvalue weighted by atomic mass is 9.97. The van der Waals surface area contributed by atoms with Crippen molar-refractivity contribution < 1.29 is 28.6 Å². The molecule has 9 nitrogen and oxygen atoms in total. The number of imide groups is 1. The highest BCUT2D eigenvalue weighted by Gasteiger charge is 2.54. The number of hydrogen-bond acceptors (Lipinski definition) is 6. The van der Waals surface area contributed by atoms with Gasteiger partial charge in [0.1, 0.15) is 18.2 Å². The highest BCUT2D eigenvalue weighted by Crippen LogP contribution is 2.36. The molecule has 2 unspecified atom stereocenters. The topological polar surface area (TPSA) is 106 Å². The van der Waals surface area contributed by atoms with E-state index in [-0.39, 0.29) is 11.9 Å². The molecule has 1 aliphatic carbocycles. The van der Waals surface area contributed by atoms with Gasteiger partial charge in [-0.25, -0.2) is 9.69 Å². The molecular weight excluding hydrogens is 402 g/mol. The van der Waals surface area contributed by atoms with Gasteiger partial charge in [0.05, 0.1) is 19.8 Å². The Labute approximate surface area is 182 Å². The van der Waals surface area contributed by atoms with Crippen LogP contribution in [0.2, 0.25) is 0 Å². The van der Waals surface area contributed by atoms with Crippen LogP contribution in [0.15, 0.2) is 18.2 Å². The molecule has 2 N–H and O–H groups in total. The predicted molar refractivity (Wildman–Crippen MR) is 113 cm³/mol. The number of methoxy groups -OCH3 is 2. The van der Waals surface area contributed by atoms with Gasteiger partial charge in [0.15, 0.2) is 11.5 Å². The van der Waals surface area contributed by atoms with Gasteiger partial charge in [-0.05, 0) is 44.4 Å². The summed E-state index contributed by atoms with van der Waals surface area (Å²) in [5, 5.41) is 5.70. The van der Waals surface area contributed by atoms with Gasteiger partial charge in [0, 0.05) is 7.11 Å². The molecule has 1 aromatic rings. The average Bonchev–Trinajstić information content (AvgIpc) is 3.32. The van der Waals surface area contributed by atoms with E-state index in [1.807, 2.05) is 13.0 Å². The van der Waals surface area contributed by atoms with E-state index in [2.05, 4.69) is 10.6 Å². The molecule has 4 amide bonds. The van der Waals surface area contributed by atoms with E-state index in [9.17, 15) is 14.4 Å². The van der Waals surface area contributed by atoms with Gasteiger partial charge < -0.3 is 24.8 Å². The smallest absolute Gasteiger partial charge is 0.325 e. The number of urea groups is 1. The Morgan fingerprint density at radius 2 is 1.87 bits per heavy atom. The minimum absolute atomic E-state index is 0.301. The molecule has 2 fully saturated rings. The van der Waals surface area contributed by atoms with Crippen LogP contribution in [0.5, 0.6) is 11.5 Å². The predicted octanol–water partition coefficient (Wildman–Crippen LogP) is 2.15. The van der Waals surface area contributed by atoms with E-state index in [4.69, 9.17) is 14.2 Å². The van der Waals surface area contributed by atoms with Crippen LogP contribution >= 0.6 is 0 Å². The monoisotopic (exact) mass is 433 g/mol. The minimum atomic E-state index is -0.909. The summed E-state index contributed by atoms with van der Waals surface area (Å²) in [6, 6.07) is 3.63. The normalized spacial score (nSPS) is 19.3. The summed E-state index contributed by atoms with van der Waals surface area (Å²) in [5.74, 6) is 0.423. The Bertz CT molecular complexity index is 837. The molecule has 9 heteroatoms. The van der Waals surface area contributed by atoms with Gasteiger partial charge in [-0.3, -0.25) is 9.59 Å². The van der Waals surface area contributed by atoms with Crippen molar-refractivity contribution in [3.05, 3.63) is 23.8 Å². The number of benzene rings is 1. The van der Waals surface area contributed by atoms with E-state index >= 15 is 0 Å². The second kappa shape index (κ2) is 9.55. The highest BCUT2D eigenvalue weighted by molar-refractivity contribution is 6.10. The van der Waals surface area contributed by atoms with Gasteiger partial charge in [0.2, 0.25) is 5.91 Å². The first kappa shape index (κ1) is 22.9. The number of amides is 4. The fourth-order valence-corrected chi connectivity index (χ4v) is 4.15. The quantitative estimate of drug-likeness (QED) is 0.457. The third-order valence-electron chi connectivity index (χ3n) is 6.01. The summed E-state index contributed by atoms with van der Waals surface area (Å²) in [7, 11) is 3.14. The summed E-state index contributed by atoms with van der Waals surface area (Å²) in [5.41, 5.74) is -0.0237. The van der Waals surface area contributed by atoms with E-state index in [1.54, 1.807) is 33.3 Å². The third-order valence-corrected chi connectivity index (χ3v) is 6.01. The fraction of sp³-hybridized carbons (Fsp3) is 0.591. The van der Waals surface area contributed by atoms with Crippen LogP contribution in [0.3, 0.4) is 0 Å². The van der Waals surface area contributed by atoms with Crippen molar-refractivity contribution in [3.63, 3.8) is 0 Å². The zero-order chi connectivity index (χ0) is 22.6. The van der Waals surface area contributed by atoms with E-state index in [0.29, 0.717) is 37.6 Å². The molecule has 1 heterocycles. The molecule has 31 heavy (non-hydrogen) atoms. The number of nitrogens with zero attached hydrogens (tertiary/aromatic N) is 1. The average molecular weight is 434 g/mol. The number of carbonyl (C=O) groups is 3. The zero-order valence-corrected chi connectivity index (χ0v) is 18.5. The van der Waals surface area contributed by atoms with Crippen LogP contribution in [-0.4, -0.2) is 61.8 Å². The third kappa shape index (κ3) is 4.61. The van der Waals surface area contributed by atoms with Crippen molar-refractivity contribution in [2.24, 2.45) is 0 Å². The maximum atomic E-state index is 12.9. The molecule has 0 aromatic heterocycles. The second-order valence-electron chi connectivity index (χ2n) is 8.05. The SMILES string of the molecule is COCCOc1ccc(C(C)NC(=O)C(C)N2C(=O)NC3(CCCC3)C2=O)cc1OC. The number of rotatable bonds is 9. The molecule has 1 aliphatic heterocycles. The molecule has 0 bridgehead atoms. The standard InChI is InChI=1S/C22H31N3O6/c1-14(16-7-8-17(18(13-16)30-4)31-12-11-29-3)23-19(26)15(2)25-20(27)22(24-21(25)28)9-5-6-10-22/h7-8,13-15H,5-6,9-12H2,1-4H3,(H,23,26)(H,24,28). The first-order chi connectivity index (χ1) is 14.8. The lowest BCUT2D eigenvalue weighted by Crippen LogP contribution is -2.50. The lowest BCUT2D eigenvalue weighted by Gasteiger charge is -2.25. The maximum absolute atomic E-state index is 12.9. The van der Waals surface area contributed by atoms with E-state index in [1.165, 1.54) is 0 Å². The summed E-state index contributed by atoms with van der Waals surface area (Å²) in [6.07, 6.45) is 3.03. The molecule has 170 valence electrons. The molecule has 0 radical (unpaired) electrons. The summed E-state index contributed by atoms with van der Waals surface area (Å²) < 4.78 is 16.0.